The van der Waals surface area contributed by atoms with Crippen LogP contribution in [-0.2, 0) is 16.6 Å². The molecule has 1 unspecified atom stereocenters. The van der Waals surface area contributed by atoms with Crippen molar-refractivity contribution in [2.24, 2.45) is 7.05 Å². The maximum absolute atomic E-state index is 11.8. The fraction of sp³-hybridized carbons (Fsp3) is 0.444. The molecule has 1 aliphatic rings. The molecule has 0 bridgehead atoms. The molecule has 0 spiro atoms. The van der Waals surface area contributed by atoms with E-state index in [-0.39, 0.29) is 18.4 Å². The van der Waals surface area contributed by atoms with Gasteiger partial charge in [-0.2, -0.15) is 5.10 Å². The van der Waals surface area contributed by atoms with Crippen molar-refractivity contribution in [3.05, 3.63) is 12.4 Å². The standard InChI is InChI=1S/C9H12N4O2/c1-6-9(15)13(5-8(14)11-6)7-3-10-12(2)4-7/h3-4,6H,5H2,1-2H3,(H,11,14). The number of carbonyl (C=O) groups is 2. The van der Waals surface area contributed by atoms with Crippen LogP contribution in [0, 0.1) is 0 Å². The van der Waals surface area contributed by atoms with Crippen molar-refractivity contribution in [3.63, 3.8) is 0 Å². The fourth-order valence-corrected chi connectivity index (χ4v) is 1.57. The molecular weight excluding hydrogens is 196 g/mol. The number of amides is 2. The van der Waals surface area contributed by atoms with E-state index in [1.807, 2.05) is 0 Å². The van der Waals surface area contributed by atoms with Gasteiger partial charge in [0, 0.05) is 13.2 Å². The zero-order valence-corrected chi connectivity index (χ0v) is 8.60. The lowest BCUT2D eigenvalue weighted by Gasteiger charge is -2.29. The van der Waals surface area contributed by atoms with Crippen molar-refractivity contribution in [1.82, 2.24) is 15.1 Å². The van der Waals surface area contributed by atoms with Crippen LogP contribution in [-0.4, -0.2) is 34.2 Å². The summed E-state index contributed by atoms with van der Waals surface area (Å²) in [5, 5.41) is 6.55. The summed E-state index contributed by atoms with van der Waals surface area (Å²) in [5.74, 6) is -0.256. The van der Waals surface area contributed by atoms with Crippen molar-refractivity contribution >= 4 is 17.5 Å². The largest absolute Gasteiger partial charge is 0.343 e. The highest BCUT2D eigenvalue weighted by atomic mass is 16.2. The van der Waals surface area contributed by atoms with Crippen molar-refractivity contribution in [1.29, 1.82) is 0 Å². The van der Waals surface area contributed by atoms with Crippen molar-refractivity contribution in [2.75, 3.05) is 11.4 Å². The highest BCUT2D eigenvalue weighted by molar-refractivity contribution is 6.06. The Bertz CT molecular complexity index is 412. The highest BCUT2D eigenvalue weighted by Crippen LogP contribution is 2.15. The Hall–Kier alpha value is -1.85. The number of nitrogens with zero attached hydrogens (tertiary/aromatic N) is 3. The highest BCUT2D eigenvalue weighted by Gasteiger charge is 2.30. The summed E-state index contributed by atoms with van der Waals surface area (Å²) >= 11 is 0. The predicted molar refractivity (Wildman–Crippen MR) is 53.2 cm³/mol. The molecule has 0 aliphatic carbocycles. The molecule has 1 aromatic rings. The quantitative estimate of drug-likeness (QED) is 0.661. The molecule has 6 nitrogen and oxygen atoms in total. The summed E-state index contributed by atoms with van der Waals surface area (Å²) in [5.41, 5.74) is 0.657. The lowest BCUT2D eigenvalue weighted by atomic mass is 10.2. The van der Waals surface area contributed by atoms with E-state index in [1.165, 1.54) is 4.90 Å². The molecule has 2 rings (SSSR count). The van der Waals surface area contributed by atoms with Crippen LogP contribution < -0.4 is 10.2 Å². The summed E-state index contributed by atoms with van der Waals surface area (Å²) in [6.45, 7) is 1.73. The molecule has 2 heterocycles. The Morgan fingerprint density at radius 2 is 2.27 bits per heavy atom. The number of anilines is 1. The van der Waals surface area contributed by atoms with Crippen LogP contribution in [0.15, 0.2) is 12.4 Å². The number of hydrogen-bond donors (Lipinski definition) is 1. The van der Waals surface area contributed by atoms with E-state index in [4.69, 9.17) is 0 Å². The van der Waals surface area contributed by atoms with Gasteiger partial charge in [-0.05, 0) is 6.92 Å². The van der Waals surface area contributed by atoms with Crippen molar-refractivity contribution < 1.29 is 9.59 Å². The van der Waals surface area contributed by atoms with Crippen molar-refractivity contribution in [3.8, 4) is 0 Å². The molecule has 1 aromatic heterocycles. The second kappa shape index (κ2) is 3.38. The van der Waals surface area contributed by atoms with Gasteiger partial charge in [0.15, 0.2) is 0 Å². The number of hydrogen-bond acceptors (Lipinski definition) is 3. The summed E-state index contributed by atoms with van der Waals surface area (Å²) in [4.78, 5) is 24.5. The minimum absolute atomic E-state index is 0.0644. The first-order valence-corrected chi connectivity index (χ1v) is 4.67. The van der Waals surface area contributed by atoms with E-state index >= 15 is 0 Å². The Morgan fingerprint density at radius 1 is 1.53 bits per heavy atom. The molecule has 80 valence electrons. The molecular formula is C9H12N4O2. The minimum Gasteiger partial charge on any atom is -0.343 e. The molecule has 6 heteroatoms. The van der Waals surface area contributed by atoms with Gasteiger partial charge in [-0.1, -0.05) is 0 Å². The van der Waals surface area contributed by atoms with Gasteiger partial charge in [0.2, 0.25) is 11.8 Å². The number of piperazine rings is 1. The Labute approximate surface area is 86.9 Å². The Kier molecular flexibility index (Phi) is 2.18. The van der Waals surface area contributed by atoms with Gasteiger partial charge >= 0.3 is 0 Å². The van der Waals surface area contributed by atoms with Gasteiger partial charge in [-0.15, -0.1) is 0 Å². The van der Waals surface area contributed by atoms with Gasteiger partial charge in [0.05, 0.1) is 11.9 Å². The SMILES string of the molecule is CC1NC(=O)CN(c2cnn(C)c2)C1=O. The molecule has 15 heavy (non-hydrogen) atoms. The molecule has 0 aromatic carbocycles. The first-order chi connectivity index (χ1) is 7.08. The molecule has 0 saturated carbocycles. The van der Waals surface area contributed by atoms with Gasteiger partial charge < -0.3 is 5.32 Å². The molecule has 1 saturated heterocycles. The smallest absolute Gasteiger partial charge is 0.249 e. The van der Waals surface area contributed by atoms with Crippen molar-refractivity contribution in [2.45, 2.75) is 13.0 Å². The predicted octanol–water partition coefficient (Wildman–Crippen LogP) is -0.729. The second-order valence-corrected chi connectivity index (χ2v) is 3.59. The topological polar surface area (TPSA) is 67.2 Å². The number of aromatic nitrogens is 2. The molecule has 1 aliphatic heterocycles. The van der Waals surface area contributed by atoms with Crippen LogP contribution in [0.4, 0.5) is 5.69 Å². The van der Waals surface area contributed by atoms with Gasteiger partial charge in [0.25, 0.3) is 0 Å². The summed E-state index contributed by atoms with van der Waals surface area (Å²) in [6, 6.07) is -0.466. The monoisotopic (exact) mass is 208 g/mol. The normalized spacial score (nSPS) is 21.7. The van der Waals surface area contributed by atoms with E-state index < -0.39 is 6.04 Å². The fourth-order valence-electron chi connectivity index (χ4n) is 1.57. The van der Waals surface area contributed by atoms with Crippen LogP contribution in [0.3, 0.4) is 0 Å². The van der Waals surface area contributed by atoms with E-state index in [9.17, 15) is 9.59 Å². The molecule has 1 atom stereocenters. The van der Waals surface area contributed by atoms with Crippen LogP contribution >= 0.6 is 0 Å². The average Bonchev–Trinajstić information content (AvgIpc) is 2.58. The van der Waals surface area contributed by atoms with E-state index in [0.717, 1.165) is 0 Å². The van der Waals surface area contributed by atoms with Crippen LogP contribution in [0.2, 0.25) is 0 Å². The average molecular weight is 208 g/mol. The summed E-state index contributed by atoms with van der Waals surface area (Å²) in [7, 11) is 1.77. The first kappa shape index (κ1) is 9.70. The zero-order chi connectivity index (χ0) is 11.0. The maximum Gasteiger partial charge on any atom is 0.249 e. The van der Waals surface area contributed by atoms with E-state index in [2.05, 4.69) is 10.4 Å². The van der Waals surface area contributed by atoms with E-state index in [0.29, 0.717) is 5.69 Å². The number of aryl methyl sites for hydroxylation is 1. The third kappa shape index (κ3) is 1.70. The van der Waals surface area contributed by atoms with E-state index in [1.54, 1.807) is 31.0 Å². The third-order valence-electron chi connectivity index (χ3n) is 2.32. The second-order valence-electron chi connectivity index (χ2n) is 3.59. The first-order valence-electron chi connectivity index (χ1n) is 4.67. The molecule has 1 N–H and O–H groups in total. The maximum atomic E-state index is 11.8. The summed E-state index contributed by atoms with van der Waals surface area (Å²) in [6.07, 6.45) is 3.28. The van der Waals surface area contributed by atoms with Gasteiger partial charge in [-0.3, -0.25) is 19.2 Å². The summed E-state index contributed by atoms with van der Waals surface area (Å²) < 4.78 is 1.60. The Balaban J connectivity index is 2.27. The number of rotatable bonds is 1. The van der Waals surface area contributed by atoms with Gasteiger partial charge in [0.1, 0.15) is 12.6 Å². The molecule has 0 radical (unpaired) electrons. The van der Waals surface area contributed by atoms with Crippen LogP contribution in [0.1, 0.15) is 6.92 Å². The van der Waals surface area contributed by atoms with Crippen LogP contribution in [0.5, 0.6) is 0 Å². The number of nitrogens with one attached hydrogen (secondary N) is 1. The molecule has 1 fully saturated rings. The lowest BCUT2D eigenvalue weighted by Crippen LogP contribution is -2.57. The number of carbonyl (C=O) groups excluding carboxylic acids is 2. The minimum atomic E-state index is -0.466. The molecule has 2 amide bonds. The van der Waals surface area contributed by atoms with Crippen LogP contribution in [0.25, 0.3) is 0 Å². The zero-order valence-electron chi connectivity index (χ0n) is 8.60. The third-order valence-corrected chi connectivity index (χ3v) is 2.32. The Morgan fingerprint density at radius 3 is 2.87 bits per heavy atom. The lowest BCUT2D eigenvalue weighted by molar-refractivity contribution is -0.130. The van der Waals surface area contributed by atoms with Gasteiger partial charge in [-0.25, -0.2) is 0 Å².